The van der Waals surface area contributed by atoms with Crippen molar-refractivity contribution in [3.05, 3.63) is 12.7 Å². The first-order chi connectivity index (χ1) is 9.19. The number of rotatable bonds is 12. The number of nitrogens with zero attached hydrogens (tertiary/aromatic N) is 1. The maximum absolute atomic E-state index is 11.8. The molecule has 0 heterocycles. The fourth-order valence-electron chi connectivity index (χ4n) is 1.99. The molecule has 3 heteroatoms. The highest BCUT2D eigenvalue weighted by Gasteiger charge is 2.15. The summed E-state index contributed by atoms with van der Waals surface area (Å²) in [6.45, 7) is 12.0. The van der Waals surface area contributed by atoms with Crippen LogP contribution in [0, 0.1) is 5.92 Å². The van der Waals surface area contributed by atoms with Gasteiger partial charge in [-0.15, -0.1) is 0 Å². The van der Waals surface area contributed by atoms with Crippen LogP contribution in [0.1, 0.15) is 59.3 Å². The summed E-state index contributed by atoms with van der Waals surface area (Å²) in [4.78, 5) is 13.6. The van der Waals surface area contributed by atoms with E-state index in [0.29, 0.717) is 12.6 Å². The van der Waals surface area contributed by atoms with Crippen LogP contribution in [0.4, 0.5) is 0 Å². The van der Waals surface area contributed by atoms with Crippen molar-refractivity contribution in [2.45, 2.75) is 59.3 Å². The Morgan fingerprint density at radius 1 is 1.26 bits per heavy atom. The molecule has 0 aliphatic carbocycles. The Morgan fingerprint density at radius 3 is 2.47 bits per heavy atom. The molecule has 0 rings (SSSR count). The van der Waals surface area contributed by atoms with Gasteiger partial charge < -0.3 is 9.64 Å². The maximum atomic E-state index is 11.8. The molecule has 0 saturated carbocycles. The Kier molecular flexibility index (Phi) is 11.7. The van der Waals surface area contributed by atoms with Crippen LogP contribution in [0.15, 0.2) is 12.7 Å². The van der Waals surface area contributed by atoms with E-state index in [0.717, 1.165) is 32.4 Å². The van der Waals surface area contributed by atoms with E-state index in [1.165, 1.54) is 25.3 Å². The zero-order valence-electron chi connectivity index (χ0n) is 13.0. The fraction of sp³-hybridized carbons (Fsp3) is 0.812. The third-order valence-corrected chi connectivity index (χ3v) is 3.40. The number of ether oxygens (including phenoxy) is 1. The minimum absolute atomic E-state index is 0.0218. The van der Waals surface area contributed by atoms with Crippen LogP contribution in [-0.4, -0.2) is 30.7 Å². The molecule has 19 heavy (non-hydrogen) atoms. The van der Waals surface area contributed by atoms with E-state index in [1.54, 1.807) is 4.90 Å². The molecule has 1 atom stereocenters. The van der Waals surface area contributed by atoms with E-state index in [-0.39, 0.29) is 5.91 Å². The highest BCUT2D eigenvalue weighted by atomic mass is 16.5. The standard InChI is InChI=1S/C16H31NO2/c1-5-9-11-15(7-3)13-17(16(18)8-4)14-19-12-10-6-2/h8,15H,4-7,9-14H2,1-3H3. The van der Waals surface area contributed by atoms with E-state index in [4.69, 9.17) is 4.74 Å². The van der Waals surface area contributed by atoms with Gasteiger partial charge in [0.25, 0.3) is 0 Å². The number of unbranched alkanes of at least 4 members (excludes halogenated alkanes) is 2. The molecule has 0 spiro atoms. The van der Waals surface area contributed by atoms with Gasteiger partial charge >= 0.3 is 0 Å². The molecule has 0 N–H and O–H groups in total. The van der Waals surface area contributed by atoms with Gasteiger partial charge in [0.05, 0.1) is 0 Å². The zero-order valence-corrected chi connectivity index (χ0v) is 13.0. The Bertz CT molecular complexity index is 241. The first kappa shape index (κ1) is 18.2. The van der Waals surface area contributed by atoms with Gasteiger partial charge in [-0.25, -0.2) is 0 Å². The normalized spacial score (nSPS) is 12.2. The van der Waals surface area contributed by atoms with E-state index >= 15 is 0 Å². The van der Waals surface area contributed by atoms with E-state index in [1.807, 2.05) is 0 Å². The Hall–Kier alpha value is -0.830. The van der Waals surface area contributed by atoms with Crippen LogP contribution in [0.3, 0.4) is 0 Å². The molecule has 0 saturated heterocycles. The molecule has 0 aromatic rings. The largest absolute Gasteiger partial charge is 0.361 e. The molecule has 0 fully saturated rings. The van der Waals surface area contributed by atoms with Crippen molar-refractivity contribution in [1.82, 2.24) is 4.90 Å². The predicted octanol–water partition coefficient (Wildman–Crippen LogP) is 3.99. The fourth-order valence-corrected chi connectivity index (χ4v) is 1.99. The lowest BCUT2D eigenvalue weighted by atomic mass is 9.99. The predicted molar refractivity (Wildman–Crippen MR) is 80.9 cm³/mol. The van der Waals surface area contributed by atoms with Crippen molar-refractivity contribution < 1.29 is 9.53 Å². The number of hydrogen-bond donors (Lipinski definition) is 0. The van der Waals surface area contributed by atoms with Gasteiger partial charge in [-0.2, -0.15) is 0 Å². The van der Waals surface area contributed by atoms with Gasteiger partial charge in [0.15, 0.2) is 0 Å². The van der Waals surface area contributed by atoms with Crippen molar-refractivity contribution in [2.75, 3.05) is 19.9 Å². The van der Waals surface area contributed by atoms with Gasteiger partial charge in [0.1, 0.15) is 6.73 Å². The van der Waals surface area contributed by atoms with Crippen molar-refractivity contribution in [2.24, 2.45) is 5.92 Å². The maximum Gasteiger partial charge on any atom is 0.247 e. The van der Waals surface area contributed by atoms with Gasteiger partial charge in [0, 0.05) is 13.2 Å². The molecule has 0 aliphatic heterocycles. The van der Waals surface area contributed by atoms with Crippen LogP contribution in [0.25, 0.3) is 0 Å². The molecule has 1 amide bonds. The summed E-state index contributed by atoms with van der Waals surface area (Å²) in [6.07, 6.45) is 8.27. The minimum atomic E-state index is -0.0218. The first-order valence-electron chi connectivity index (χ1n) is 7.68. The van der Waals surface area contributed by atoms with Crippen LogP contribution >= 0.6 is 0 Å². The number of amides is 1. The smallest absolute Gasteiger partial charge is 0.247 e. The lowest BCUT2D eigenvalue weighted by Gasteiger charge is -2.26. The topological polar surface area (TPSA) is 29.5 Å². The summed E-state index contributed by atoms with van der Waals surface area (Å²) in [5, 5.41) is 0. The molecular formula is C16H31NO2. The Morgan fingerprint density at radius 2 is 1.95 bits per heavy atom. The molecule has 112 valence electrons. The average molecular weight is 269 g/mol. The molecule has 0 bridgehead atoms. The number of hydrogen-bond acceptors (Lipinski definition) is 2. The lowest BCUT2D eigenvalue weighted by Crippen LogP contribution is -2.36. The van der Waals surface area contributed by atoms with Crippen LogP contribution in [0.5, 0.6) is 0 Å². The van der Waals surface area contributed by atoms with E-state index in [9.17, 15) is 4.79 Å². The summed E-state index contributed by atoms with van der Waals surface area (Å²) >= 11 is 0. The molecule has 0 aliphatic rings. The molecular weight excluding hydrogens is 238 g/mol. The number of carbonyl (C=O) groups excluding carboxylic acids is 1. The monoisotopic (exact) mass is 269 g/mol. The van der Waals surface area contributed by atoms with E-state index in [2.05, 4.69) is 27.4 Å². The average Bonchev–Trinajstić information content (AvgIpc) is 2.44. The van der Waals surface area contributed by atoms with Crippen molar-refractivity contribution in [3.8, 4) is 0 Å². The second-order valence-electron chi connectivity index (χ2n) is 5.07. The summed E-state index contributed by atoms with van der Waals surface area (Å²) in [7, 11) is 0. The van der Waals surface area contributed by atoms with E-state index < -0.39 is 0 Å². The second kappa shape index (κ2) is 12.2. The van der Waals surface area contributed by atoms with Crippen LogP contribution in [0.2, 0.25) is 0 Å². The van der Waals surface area contributed by atoms with Gasteiger partial charge in [0.2, 0.25) is 5.91 Å². The molecule has 0 aromatic heterocycles. The summed E-state index contributed by atoms with van der Waals surface area (Å²) in [6, 6.07) is 0. The van der Waals surface area contributed by atoms with Gasteiger partial charge in [-0.05, 0) is 24.8 Å². The third-order valence-electron chi connectivity index (χ3n) is 3.40. The highest BCUT2D eigenvalue weighted by Crippen LogP contribution is 2.14. The molecule has 3 nitrogen and oxygen atoms in total. The molecule has 0 aromatic carbocycles. The SMILES string of the molecule is C=CC(=O)N(COCCCC)CC(CC)CCCC. The zero-order chi connectivity index (χ0) is 14.5. The van der Waals surface area contributed by atoms with Crippen LogP contribution in [-0.2, 0) is 9.53 Å². The third kappa shape index (κ3) is 8.82. The lowest BCUT2D eigenvalue weighted by molar-refractivity contribution is -0.132. The van der Waals surface area contributed by atoms with Crippen molar-refractivity contribution in [1.29, 1.82) is 0 Å². The Balaban J connectivity index is 4.23. The van der Waals surface area contributed by atoms with Crippen molar-refractivity contribution in [3.63, 3.8) is 0 Å². The summed E-state index contributed by atoms with van der Waals surface area (Å²) < 4.78 is 5.57. The molecule has 0 radical (unpaired) electrons. The van der Waals surface area contributed by atoms with Gasteiger partial charge in [-0.1, -0.05) is 53.0 Å². The summed E-state index contributed by atoms with van der Waals surface area (Å²) in [5.74, 6) is 0.546. The number of carbonyl (C=O) groups is 1. The first-order valence-corrected chi connectivity index (χ1v) is 7.68. The Labute approximate surface area is 119 Å². The second-order valence-corrected chi connectivity index (χ2v) is 5.07. The van der Waals surface area contributed by atoms with Crippen LogP contribution < -0.4 is 0 Å². The van der Waals surface area contributed by atoms with Crippen molar-refractivity contribution >= 4 is 5.91 Å². The quantitative estimate of drug-likeness (QED) is 0.304. The molecule has 1 unspecified atom stereocenters. The van der Waals surface area contributed by atoms with Gasteiger partial charge in [-0.3, -0.25) is 4.79 Å². The minimum Gasteiger partial charge on any atom is -0.361 e. The summed E-state index contributed by atoms with van der Waals surface area (Å²) in [5.41, 5.74) is 0. The highest BCUT2D eigenvalue weighted by molar-refractivity contribution is 5.86.